The van der Waals surface area contributed by atoms with Crippen LogP contribution in [0.3, 0.4) is 0 Å². The Balaban J connectivity index is 2.17. The van der Waals surface area contributed by atoms with Gasteiger partial charge in [-0.15, -0.1) is 0 Å². The van der Waals surface area contributed by atoms with Crippen molar-refractivity contribution in [3.05, 3.63) is 0 Å². The summed E-state index contributed by atoms with van der Waals surface area (Å²) in [7, 11) is 0. The standard InChI is InChI=1S/C15H28/c1-6-13-10(3)8-14-12(5)11(4)9(2)7-15(13)14/h9-15H,6-8H2,1-5H3. The van der Waals surface area contributed by atoms with Crippen LogP contribution in [-0.2, 0) is 0 Å². The van der Waals surface area contributed by atoms with Crippen LogP contribution in [0, 0.1) is 41.4 Å². The molecule has 0 heterocycles. The van der Waals surface area contributed by atoms with Gasteiger partial charge in [0.15, 0.2) is 0 Å². The van der Waals surface area contributed by atoms with Gasteiger partial charge in [0, 0.05) is 0 Å². The second-order valence-corrected chi connectivity index (χ2v) is 6.54. The summed E-state index contributed by atoms with van der Waals surface area (Å²) in [6.07, 6.45) is 4.44. The molecule has 0 N–H and O–H groups in total. The van der Waals surface area contributed by atoms with Gasteiger partial charge in [-0.25, -0.2) is 0 Å². The minimum atomic E-state index is 0.953. The van der Waals surface area contributed by atoms with Gasteiger partial charge in [-0.05, 0) is 54.3 Å². The van der Waals surface area contributed by atoms with Crippen LogP contribution in [0.5, 0.6) is 0 Å². The molecule has 0 nitrogen and oxygen atoms in total. The summed E-state index contributed by atoms with van der Waals surface area (Å²) < 4.78 is 0. The third-order valence-electron chi connectivity index (χ3n) is 5.99. The number of hydrogen-bond donors (Lipinski definition) is 0. The first-order valence-corrected chi connectivity index (χ1v) is 7.06. The molecule has 7 unspecified atom stereocenters. The van der Waals surface area contributed by atoms with Crippen LogP contribution in [-0.4, -0.2) is 0 Å². The predicted octanol–water partition coefficient (Wildman–Crippen LogP) is 4.60. The van der Waals surface area contributed by atoms with E-state index in [2.05, 4.69) is 34.6 Å². The van der Waals surface area contributed by atoms with E-state index in [9.17, 15) is 0 Å². The van der Waals surface area contributed by atoms with Gasteiger partial charge in [-0.3, -0.25) is 0 Å². The van der Waals surface area contributed by atoms with Crippen LogP contribution < -0.4 is 0 Å². The molecular formula is C15H28. The average molecular weight is 208 g/mol. The van der Waals surface area contributed by atoms with Gasteiger partial charge in [-0.1, -0.05) is 41.0 Å². The average Bonchev–Trinajstić information content (AvgIpc) is 2.51. The molecule has 0 aliphatic heterocycles. The fourth-order valence-electron chi connectivity index (χ4n) is 4.73. The van der Waals surface area contributed by atoms with Gasteiger partial charge < -0.3 is 0 Å². The highest BCUT2D eigenvalue weighted by Gasteiger charge is 2.47. The van der Waals surface area contributed by atoms with Crippen LogP contribution in [0.4, 0.5) is 0 Å². The summed E-state index contributed by atoms with van der Waals surface area (Å²) in [5.41, 5.74) is 0. The van der Waals surface area contributed by atoms with Gasteiger partial charge >= 0.3 is 0 Å². The SMILES string of the molecule is CCC1C(C)CC2C(C)C(C)C(C)CC12. The van der Waals surface area contributed by atoms with Crippen molar-refractivity contribution in [2.75, 3.05) is 0 Å². The van der Waals surface area contributed by atoms with E-state index in [-0.39, 0.29) is 0 Å². The highest BCUT2D eigenvalue weighted by atomic mass is 14.5. The molecule has 0 aromatic carbocycles. The summed E-state index contributed by atoms with van der Waals surface area (Å²) in [4.78, 5) is 0. The molecule has 0 heteroatoms. The zero-order chi connectivity index (χ0) is 11.2. The Kier molecular flexibility index (Phi) is 3.14. The minimum Gasteiger partial charge on any atom is -0.0651 e. The van der Waals surface area contributed by atoms with Crippen LogP contribution in [0.1, 0.15) is 53.9 Å². The minimum absolute atomic E-state index is 0.953. The van der Waals surface area contributed by atoms with Gasteiger partial charge in [0.25, 0.3) is 0 Å². The molecule has 2 aliphatic carbocycles. The molecule has 2 saturated carbocycles. The highest BCUT2D eigenvalue weighted by molar-refractivity contribution is 4.96. The van der Waals surface area contributed by atoms with Crippen molar-refractivity contribution in [3.8, 4) is 0 Å². The second kappa shape index (κ2) is 4.11. The van der Waals surface area contributed by atoms with E-state index in [1.54, 1.807) is 0 Å². The summed E-state index contributed by atoms with van der Waals surface area (Å²) in [6, 6.07) is 0. The number of hydrogen-bond acceptors (Lipinski definition) is 0. The van der Waals surface area contributed by atoms with E-state index in [0.29, 0.717) is 0 Å². The zero-order valence-corrected chi connectivity index (χ0v) is 11.2. The molecule has 0 radical (unpaired) electrons. The lowest BCUT2D eigenvalue weighted by atomic mass is 9.63. The van der Waals surface area contributed by atoms with Crippen LogP contribution in [0.25, 0.3) is 0 Å². The van der Waals surface area contributed by atoms with Crippen LogP contribution >= 0.6 is 0 Å². The smallest absolute Gasteiger partial charge is 0.0350 e. The summed E-state index contributed by atoms with van der Waals surface area (Å²) in [5, 5.41) is 0. The maximum Gasteiger partial charge on any atom is -0.0350 e. The van der Waals surface area contributed by atoms with Crippen molar-refractivity contribution in [3.63, 3.8) is 0 Å². The molecule has 88 valence electrons. The molecular weight excluding hydrogens is 180 g/mol. The molecule has 2 aliphatic rings. The molecule has 2 rings (SSSR count). The first-order valence-electron chi connectivity index (χ1n) is 7.06. The maximum atomic E-state index is 2.52. The summed E-state index contributed by atoms with van der Waals surface area (Å²) in [6.45, 7) is 12.4. The molecule has 7 atom stereocenters. The summed E-state index contributed by atoms with van der Waals surface area (Å²) >= 11 is 0. The molecule has 0 aromatic rings. The Labute approximate surface area is 95.8 Å². The van der Waals surface area contributed by atoms with Crippen LogP contribution in [0.2, 0.25) is 0 Å². The lowest BCUT2D eigenvalue weighted by molar-refractivity contribution is 0.0658. The Hall–Kier alpha value is 0. The quantitative estimate of drug-likeness (QED) is 0.591. The first kappa shape index (κ1) is 11.5. The molecule has 0 spiro atoms. The van der Waals surface area contributed by atoms with E-state index < -0.39 is 0 Å². The van der Waals surface area contributed by atoms with E-state index in [4.69, 9.17) is 0 Å². The van der Waals surface area contributed by atoms with E-state index in [0.717, 1.165) is 41.4 Å². The van der Waals surface area contributed by atoms with E-state index >= 15 is 0 Å². The monoisotopic (exact) mass is 208 g/mol. The largest absolute Gasteiger partial charge is 0.0651 e. The Bertz CT molecular complexity index is 220. The molecule has 0 bridgehead atoms. The number of rotatable bonds is 1. The van der Waals surface area contributed by atoms with E-state index in [1.165, 1.54) is 19.3 Å². The third-order valence-corrected chi connectivity index (χ3v) is 5.99. The molecule has 0 aromatic heterocycles. The topological polar surface area (TPSA) is 0 Å². The molecule has 15 heavy (non-hydrogen) atoms. The third kappa shape index (κ3) is 1.74. The van der Waals surface area contributed by atoms with Crippen molar-refractivity contribution in [2.45, 2.75) is 53.9 Å². The van der Waals surface area contributed by atoms with Crippen molar-refractivity contribution in [1.82, 2.24) is 0 Å². The highest BCUT2D eigenvalue weighted by Crippen LogP contribution is 2.55. The second-order valence-electron chi connectivity index (χ2n) is 6.54. The predicted molar refractivity (Wildman–Crippen MR) is 66.7 cm³/mol. The Morgan fingerprint density at radius 1 is 0.800 bits per heavy atom. The number of fused-ring (bicyclic) bond motifs is 1. The molecule has 0 saturated heterocycles. The fourth-order valence-corrected chi connectivity index (χ4v) is 4.73. The van der Waals surface area contributed by atoms with Gasteiger partial charge in [0.1, 0.15) is 0 Å². The van der Waals surface area contributed by atoms with Gasteiger partial charge in [0.05, 0.1) is 0 Å². The van der Waals surface area contributed by atoms with Crippen molar-refractivity contribution < 1.29 is 0 Å². The van der Waals surface area contributed by atoms with Crippen molar-refractivity contribution in [1.29, 1.82) is 0 Å². The summed E-state index contributed by atoms with van der Waals surface area (Å²) in [5.74, 6) is 7.02. The van der Waals surface area contributed by atoms with Crippen LogP contribution in [0.15, 0.2) is 0 Å². The maximum absolute atomic E-state index is 2.52. The molecule has 0 amide bonds. The van der Waals surface area contributed by atoms with Gasteiger partial charge in [-0.2, -0.15) is 0 Å². The van der Waals surface area contributed by atoms with Crippen molar-refractivity contribution >= 4 is 0 Å². The lowest BCUT2D eigenvalue weighted by Crippen LogP contribution is -2.35. The normalized spacial score (nSPS) is 55.4. The van der Waals surface area contributed by atoms with Gasteiger partial charge in [0.2, 0.25) is 0 Å². The Morgan fingerprint density at radius 2 is 1.40 bits per heavy atom. The lowest BCUT2D eigenvalue weighted by Gasteiger charge is -2.42. The first-order chi connectivity index (χ1) is 7.06. The van der Waals surface area contributed by atoms with Crippen molar-refractivity contribution in [2.24, 2.45) is 41.4 Å². The fraction of sp³-hybridized carbons (Fsp3) is 1.00. The Morgan fingerprint density at radius 3 is 2.00 bits per heavy atom. The molecule has 2 fully saturated rings. The zero-order valence-electron chi connectivity index (χ0n) is 11.2. The van der Waals surface area contributed by atoms with E-state index in [1.807, 2.05) is 0 Å².